The fourth-order valence-electron chi connectivity index (χ4n) is 2.11. The highest BCUT2D eigenvalue weighted by Gasteiger charge is 2.24. The normalized spacial score (nSPS) is 12.0. The second-order valence-electron chi connectivity index (χ2n) is 5.45. The van der Waals surface area contributed by atoms with Crippen LogP contribution in [-0.4, -0.2) is 18.9 Å². The zero-order valence-electron chi connectivity index (χ0n) is 12.4. The van der Waals surface area contributed by atoms with Crippen molar-refractivity contribution < 1.29 is 17.8 Å². The van der Waals surface area contributed by atoms with E-state index in [-0.39, 0.29) is 22.6 Å². The molecule has 2 N–H and O–H groups in total. The summed E-state index contributed by atoms with van der Waals surface area (Å²) in [6.45, 7) is 8.75. The minimum atomic E-state index is -4.31. The van der Waals surface area contributed by atoms with Gasteiger partial charge in [0, 0.05) is 12.6 Å². The molecule has 0 saturated carbocycles. The largest absolute Gasteiger partial charge is 0.326 e. The molecule has 0 aliphatic rings. The highest BCUT2D eigenvalue weighted by atomic mass is 32.2. The quantitative estimate of drug-likeness (QED) is 0.837. The van der Waals surface area contributed by atoms with Crippen LogP contribution in [-0.2, 0) is 14.9 Å². The van der Waals surface area contributed by atoms with Gasteiger partial charge in [-0.3, -0.25) is 9.35 Å². The second-order valence-corrected chi connectivity index (χ2v) is 6.81. The van der Waals surface area contributed by atoms with Crippen molar-refractivity contribution in [2.45, 2.75) is 51.3 Å². The molecule has 0 aliphatic carbocycles. The Morgan fingerprint density at radius 2 is 1.50 bits per heavy atom. The molecule has 0 bridgehead atoms. The minimum Gasteiger partial charge on any atom is -0.326 e. The van der Waals surface area contributed by atoms with Crippen LogP contribution >= 0.6 is 0 Å². The lowest BCUT2D eigenvalue weighted by Gasteiger charge is -2.19. The van der Waals surface area contributed by atoms with Gasteiger partial charge in [-0.05, 0) is 35.1 Å². The predicted octanol–water partition coefficient (Wildman–Crippen LogP) is 3.14. The van der Waals surface area contributed by atoms with Gasteiger partial charge in [0.2, 0.25) is 5.91 Å². The van der Waals surface area contributed by atoms with Crippen LogP contribution in [0.2, 0.25) is 0 Å². The summed E-state index contributed by atoms with van der Waals surface area (Å²) in [6, 6.07) is 3.20. The molecule has 0 aromatic heterocycles. The molecule has 1 amide bonds. The number of hydrogen-bond acceptors (Lipinski definition) is 3. The Kier molecular flexibility index (Phi) is 4.94. The zero-order valence-corrected chi connectivity index (χ0v) is 13.2. The molecule has 1 rings (SSSR count). The Hall–Kier alpha value is -1.40. The van der Waals surface area contributed by atoms with Crippen LogP contribution in [0.15, 0.2) is 17.0 Å². The van der Waals surface area contributed by atoms with Gasteiger partial charge in [-0.2, -0.15) is 8.42 Å². The summed E-state index contributed by atoms with van der Waals surface area (Å²) in [4.78, 5) is 11.1. The van der Waals surface area contributed by atoms with Gasteiger partial charge >= 0.3 is 0 Å². The summed E-state index contributed by atoms with van der Waals surface area (Å²) in [5.41, 5.74) is 1.54. The second kappa shape index (κ2) is 5.93. The molecule has 5 nitrogen and oxygen atoms in total. The van der Waals surface area contributed by atoms with E-state index in [4.69, 9.17) is 0 Å². The highest BCUT2D eigenvalue weighted by Crippen LogP contribution is 2.34. The summed E-state index contributed by atoms with van der Waals surface area (Å²) < 4.78 is 32.9. The number of hydrogen-bond donors (Lipinski definition) is 2. The summed E-state index contributed by atoms with van der Waals surface area (Å²) in [7, 11) is -4.31. The van der Waals surface area contributed by atoms with Crippen molar-refractivity contribution in [1.29, 1.82) is 0 Å². The molecule has 0 fully saturated rings. The first-order valence-electron chi connectivity index (χ1n) is 6.47. The maximum Gasteiger partial charge on any atom is 0.295 e. The number of rotatable bonds is 4. The predicted molar refractivity (Wildman–Crippen MR) is 78.7 cm³/mol. The molecule has 1 aromatic carbocycles. The Balaban J connectivity index is 3.68. The van der Waals surface area contributed by atoms with Gasteiger partial charge < -0.3 is 5.32 Å². The van der Waals surface area contributed by atoms with Gasteiger partial charge in [-0.1, -0.05) is 27.7 Å². The molecular weight excluding hydrogens is 278 g/mol. The van der Waals surface area contributed by atoms with Crippen LogP contribution < -0.4 is 5.32 Å². The highest BCUT2D eigenvalue weighted by molar-refractivity contribution is 7.86. The molecule has 0 saturated heterocycles. The maximum atomic E-state index is 11.7. The summed E-state index contributed by atoms with van der Waals surface area (Å²) >= 11 is 0. The molecule has 6 heteroatoms. The third kappa shape index (κ3) is 3.80. The van der Waals surface area contributed by atoms with Gasteiger partial charge in [-0.15, -0.1) is 0 Å². The Morgan fingerprint density at radius 3 is 1.75 bits per heavy atom. The number of carbonyl (C=O) groups excluding carboxylic acids is 1. The van der Waals surface area contributed by atoms with Crippen LogP contribution in [0, 0.1) is 0 Å². The average molecular weight is 299 g/mol. The van der Waals surface area contributed by atoms with Crippen molar-refractivity contribution in [3.8, 4) is 0 Å². The molecule has 20 heavy (non-hydrogen) atoms. The van der Waals surface area contributed by atoms with Crippen molar-refractivity contribution in [1.82, 2.24) is 0 Å². The van der Waals surface area contributed by atoms with Crippen LogP contribution in [0.5, 0.6) is 0 Å². The Morgan fingerprint density at radius 1 is 1.10 bits per heavy atom. The standard InChI is InChI=1S/C14H21NO4S/c1-8(2)12-6-11(15-10(5)16)7-13(9(3)4)14(12)20(17,18)19/h6-9H,1-5H3,(H,15,16)(H,17,18,19). The van der Waals surface area contributed by atoms with Crippen molar-refractivity contribution in [3.63, 3.8) is 0 Å². The van der Waals surface area contributed by atoms with Crippen LogP contribution in [0.4, 0.5) is 5.69 Å². The summed E-state index contributed by atoms with van der Waals surface area (Å²) in [6.07, 6.45) is 0. The number of nitrogens with one attached hydrogen (secondary N) is 1. The van der Waals surface area contributed by atoms with E-state index in [1.54, 1.807) is 12.1 Å². The fraction of sp³-hybridized carbons (Fsp3) is 0.500. The van der Waals surface area contributed by atoms with Crippen molar-refractivity contribution in [3.05, 3.63) is 23.3 Å². The average Bonchev–Trinajstić information content (AvgIpc) is 2.25. The fourth-order valence-corrected chi connectivity index (χ4v) is 3.29. The van der Waals surface area contributed by atoms with E-state index < -0.39 is 10.1 Å². The molecule has 112 valence electrons. The Labute approximate surface area is 120 Å². The minimum absolute atomic E-state index is 0.0448. The first-order chi connectivity index (χ1) is 9.04. The molecule has 0 aliphatic heterocycles. The molecule has 0 radical (unpaired) electrons. The molecular formula is C14H21NO4S. The van der Waals surface area contributed by atoms with E-state index in [0.717, 1.165) is 0 Å². The SMILES string of the molecule is CC(=O)Nc1cc(C(C)C)c(S(=O)(=O)O)c(C(C)C)c1. The maximum absolute atomic E-state index is 11.7. The zero-order chi connectivity index (χ0) is 15.7. The number of amides is 1. The number of benzene rings is 1. The van der Waals surface area contributed by atoms with E-state index in [0.29, 0.717) is 16.8 Å². The van der Waals surface area contributed by atoms with Crippen LogP contribution in [0.1, 0.15) is 57.6 Å². The Bertz CT molecular complexity index is 589. The van der Waals surface area contributed by atoms with Crippen molar-refractivity contribution >= 4 is 21.7 Å². The number of anilines is 1. The van der Waals surface area contributed by atoms with E-state index in [2.05, 4.69) is 5.32 Å². The topological polar surface area (TPSA) is 83.5 Å². The van der Waals surface area contributed by atoms with Crippen LogP contribution in [0.3, 0.4) is 0 Å². The van der Waals surface area contributed by atoms with E-state index in [1.807, 2.05) is 27.7 Å². The lowest BCUT2D eigenvalue weighted by molar-refractivity contribution is -0.114. The van der Waals surface area contributed by atoms with E-state index >= 15 is 0 Å². The lowest BCUT2D eigenvalue weighted by Crippen LogP contribution is -2.13. The molecule has 0 heterocycles. The van der Waals surface area contributed by atoms with E-state index in [1.165, 1.54) is 6.92 Å². The van der Waals surface area contributed by atoms with Gasteiger partial charge in [0.05, 0.1) is 0 Å². The summed E-state index contributed by atoms with van der Waals surface area (Å²) in [5, 5.41) is 2.66. The first-order valence-corrected chi connectivity index (χ1v) is 7.91. The van der Waals surface area contributed by atoms with E-state index in [9.17, 15) is 17.8 Å². The van der Waals surface area contributed by atoms with Gasteiger partial charge in [0.1, 0.15) is 4.90 Å². The monoisotopic (exact) mass is 299 g/mol. The number of carbonyl (C=O) groups is 1. The summed E-state index contributed by atoms with van der Waals surface area (Å²) in [5.74, 6) is -0.426. The third-order valence-electron chi connectivity index (χ3n) is 2.97. The molecule has 0 unspecified atom stereocenters. The van der Waals surface area contributed by atoms with Crippen molar-refractivity contribution in [2.24, 2.45) is 0 Å². The van der Waals surface area contributed by atoms with Crippen LogP contribution in [0.25, 0.3) is 0 Å². The lowest BCUT2D eigenvalue weighted by atomic mass is 9.94. The first kappa shape index (κ1) is 16.7. The van der Waals surface area contributed by atoms with Gasteiger partial charge in [-0.25, -0.2) is 0 Å². The van der Waals surface area contributed by atoms with Gasteiger partial charge in [0.15, 0.2) is 0 Å². The molecule has 0 atom stereocenters. The smallest absolute Gasteiger partial charge is 0.295 e. The van der Waals surface area contributed by atoms with Crippen molar-refractivity contribution in [2.75, 3.05) is 5.32 Å². The van der Waals surface area contributed by atoms with Gasteiger partial charge in [0.25, 0.3) is 10.1 Å². The molecule has 0 spiro atoms. The molecule has 1 aromatic rings. The third-order valence-corrected chi connectivity index (χ3v) is 3.96.